The van der Waals surface area contributed by atoms with E-state index in [1.54, 1.807) is 0 Å². The topological polar surface area (TPSA) is 78.9 Å². The first-order valence-electron chi connectivity index (χ1n) is 35.6. The van der Waals surface area contributed by atoms with E-state index in [-0.39, 0.29) is 31.1 Å². The van der Waals surface area contributed by atoms with Gasteiger partial charge in [-0.15, -0.1) is 0 Å². The Bertz CT molecular complexity index is 1550. The molecule has 6 heteroatoms. The molecule has 0 saturated heterocycles. The summed E-state index contributed by atoms with van der Waals surface area (Å²) in [5.74, 6) is -0.879. The molecule has 1 atom stereocenters. The van der Waals surface area contributed by atoms with E-state index in [2.05, 4.69) is 106 Å². The van der Waals surface area contributed by atoms with Crippen LogP contribution in [0.25, 0.3) is 0 Å². The Hall–Kier alpha value is -3.41. The summed E-state index contributed by atoms with van der Waals surface area (Å²) in [5.41, 5.74) is 0. The fraction of sp³-hybridized carbons (Fsp3) is 0.776. The van der Waals surface area contributed by atoms with Gasteiger partial charge in [-0.05, 0) is 77.0 Å². The molecule has 0 amide bonds. The van der Waals surface area contributed by atoms with Crippen molar-refractivity contribution in [2.75, 3.05) is 13.2 Å². The molecule has 0 fully saturated rings. The minimum Gasteiger partial charge on any atom is -0.462 e. The van der Waals surface area contributed by atoms with E-state index in [1.807, 2.05) is 0 Å². The lowest BCUT2D eigenvalue weighted by atomic mass is 10.0. The van der Waals surface area contributed by atoms with Crippen molar-refractivity contribution in [3.05, 3.63) is 85.1 Å². The van der Waals surface area contributed by atoms with Gasteiger partial charge in [0.1, 0.15) is 13.2 Å². The largest absolute Gasteiger partial charge is 0.462 e. The van der Waals surface area contributed by atoms with Crippen LogP contribution in [0.4, 0.5) is 0 Å². The highest BCUT2D eigenvalue weighted by Gasteiger charge is 2.19. The summed E-state index contributed by atoms with van der Waals surface area (Å²) < 4.78 is 17.0. The number of hydrogen-bond acceptors (Lipinski definition) is 6. The van der Waals surface area contributed by atoms with Crippen LogP contribution in [-0.4, -0.2) is 37.2 Å². The molecule has 0 spiro atoms. The van der Waals surface area contributed by atoms with Gasteiger partial charge in [-0.25, -0.2) is 0 Å². The summed E-state index contributed by atoms with van der Waals surface area (Å²) in [4.78, 5) is 38.4. The second kappa shape index (κ2) is 70.1. The summed E-state index contributed by atoms with van der Waals surface area (Å²) in [6.45, 7) is 6.56. The van der Waals surface area contributed by atoms with Crippen LogP contribution >= 0.6 is 0 Å². The predicted molar refractivity (Wildman–Crippen MR) is 358 cm³/mol. The Morgan fingerprint density at radius 1 is 0.256 bits per heavy atom. The van der Waals surface area contributed by atoms with Crippen molar-refractivity contribution in [2.24, 2.45) is 0 Å². The Balaban J connectivity index is 4.25. The summed E-state index contributed by atoms with van der Waals surface area (Å²) in [6, 6.07) is 0. The molecule has 0 aromatic heterocycles. The molecule has 0 radical (unpaired) electrons. The zero-order chi connectivity index (χ0) is 59.2. The molecule has 6 nitrogen and oxygen atoms in total. The first-order valence-corrected chi connectivity index (χ1v) is 35.6. The maximum Gasteiger partial charge on any atom is 0.306 e. The van der Waals surface area contributed by atoms with Crippen LogP contribution in [0.5, 0.6) is 0 Å². The highest BCUT2D eigenvalue weighted by atomic mass is 16.6. The van der Waals surface area contributed by atoms with Crippen LogP contribution in [-0.2, 0) is 28.6 Å². The summed E-state index contributed by atoms with van der Waals surface area (Å²) in [6.07, 6.45) is 93.3. The van der Waals surface area contributed by atoms with Crippen LogP contribution in [0.15, 0.2) is 85.1 Å². The van der Waals surface area contributed by atoms with Gasteiger partial charge in [0, 0.05) is 19.3 Å². The fourth-order valence-corrected chi connectivity index (χ4v) is 10.4. The highest BCUT2D eigenvalue weighted by molar-refractivity contribution is 5.71. The quantitative estimate of drug-likeness (QED) is 0.0261. The number of carbonyl (C=O) groups excluding carboxylic acids is 3. The maximum absolute atomic E-state index is 12.9. The number of ether oxygens (including phenoxy) is 3. The van der Waals surface area contributed by atoms with Gasteiger partial charge >= 0.3 is 17.9 Å². The molecule has 82 heavy (non-hydrogen) atoms. The number of rotatable bonds is 65. The smallest absolute Gasteiger partial charge is 0.306 e. The number of allylic oxidation sites excluding steroid dienone is 14. The SMILES string of the molecule is CC/C=C\C/C=C\C/C=C\C/C=C\C/C=C\C/C=C\C/C=C\CCCCCCCC(=O)OCC(COC(=O)CCCCCCCCCCCCC)OC(=O)CCCCCCCCCCCCCCCCCCCCCCCCCCCC. The van der Waals surface area contributed by atoms with Crippen molar-refractivity contribution in [1.29, 1.82) is 0 Å². The van der Waals surface area contributed by atoms with E-state index in [9.17, 15) is 14.4 Å². The second-order valence-corrected chi connectivity index (χ2v) is 23.8. The molecule has 0 saturated carbocycles. The molecule has 0 bridgehead atoms. The standard InChI is InChI=1S/C76H134O6/c1-4-7-10-13-16-19-22-24-26-28-30-32-34-36-38-40-41-43-45-47-49-51-54-57-60-63-66-69-75(78)81-72-73(71-80-74(77)68-65-62-59-56-53-21-18-15-12-9-6-3)82-76(79)70-67-64-61-58-55-52-50-48-46-44-42-39-37-35-33-31-29-27-25-23-20-17-14-11-8-5-2/h7,10,16,19,24,26,30,32,36,38,41,43,47,49,73H,4-6,8-9,11-15,17-18,20-23,25,27-29,31,33-35,37,39-40,42,44-46,48,50-72H2,1-3H3/b10-7-,19-16-,26-24-,32-30-,38-36-,43-41-,49-47-. The molecule has 0 N–H and O–H groups in total. The van der Waals surface area contributed by atoms with Gasteiger partial charge in [0.25, 0.3) is 0 Å². The molecular formula is C76H134O6. The van der Waals surface area contributed by atoms with Crippen LogP contribution in [0.2, 0.25) is 0 Å². The summed E-state index contributed by atoms with van der Waals surface area (Å²) in [7, 11) is 0. The van der Waals surface area contributed by atoms with Gasteiger partial charge < -0.3 is 14.2 Å². The zero-order valence-corrected chi connectivity index (χ0v) is 54.5. The lowest BCUT2D eigenvalue weighted by Crippen LogP contribution is -2.30. The van der Waals surface area contributed by atoms with Crippen LogP contribution in [0, 0.1) is 0 Å². The van der Waals surface area contributed by atoms with Gasteiger partial charge in [-0.1, -0.05) is 350 Å². The first kappa shape index (κ1) is 78.6. The van der Waals surface area contributed by atoms with Gasteiger partial charge in [0.05, 0.1) is 0 Å². The Morgan fingerprint density at radius 3 is 0.744 bits per heavy atom. The Kier molecular flexibility index (Phi) is 67.2. The zero-order valence-electron chi connectivity index (χ0n) is 54.5. The van der Waals surface area contributed by atoms with Gasteiger partial charge in [0.15, 0.2) is 6.10 Å². The highest BCUT2D eigenvalue weighted by Crippen LogP contribution is 2.18. The lowest BCUT2D eigenvalue weighted by Gasteiger charge is -2.18. The van der Waals surface area contributed by atoms with Gasteiger partial charge in [0.2, 0.25) is 0 Å². The molecule has 1 unspecified atom stereocenters. The van der Waals surface area contributed by atoms with E-state index in [0.717, 1.165) is 122 Å². The average molecular weight is 1140 g/mol. The van der Waals surface area contributed by atoms with E-state index in [4.69, 9.17) is 14.2 Å². The van der Waals surface area contributed by atoms with Crippen molar-refractivity contribution in [3.8, 4) is 0 Å². The summed E-state index contributed by atoms with van der Waals surface area (Å²) in [5, 5.41) is 0. The van der Waals surface area contributed by atoms with E-state index < -0.39 is 6.10 Å². The third-order valence-corrected chi connectivity index (χ3v) is 15.7. The van der Waals surface area contributed by atoms with Gasteiger partial charge in [-0.2, -0.15) is 0 Å². The Labute approximate surface area is 509 Å². The number of hydrogen-bond donors (Lipinski definition) is 0. The normalized spacial score (nSPS) is 12.6. The first-order chi connectivity index (χ1) is 40.5. The fourth-order valence-electron chi connectivity index (χ4n) is 10.4. The maximum atomic E-state index is 12.9. The lowest BCUT2D eigenvalue weighted by molar-refractivity contribution is -0.167. The molecular weight excluding hydrogens is 1010 g/mol. The van der Waals surface area contributed by atoms with Crippen molar-refractivity contribution in [1.82, 2.24) is 0 Å². The minimum absolute atomic E-state index is 0.0781. The second-order valence-electron chi connectivity index (χ2n) is 23.8. The number of unbranched alkanes of at least 4 members (excludes halogenated alkanes) is 40. The third-order valence-electron chi connectivity index (χ3n) is 15.7. The Morgan fingerprint density at radius 2 is 0.476 bits per heavy atom. The minimum atomic E-state index is -0.783. The van der Waals surface area contributed by atoms with Crippen molar-refractivity contribution < 1.29 is 28.6 Å². The molecule has 0 aromatic carbocycles. The predicted octanol–water partition coefficient (Wildman–Crippen LogP) is 24.6. The van der Waals surface area contributed by atoms with Crippen LogP contribution in [0.3, 0.4) is 0 Å². The molecule has 0 aliphatic carbocycles. The van der Waals surface area contributed by atoms with Gasteiger partial charge in [-0.3, -0.25) is 14.4 Å². The third kappa shape index (κ3) is 67.4. The number of esters is 3. The molecule has 0 heterocycles. The monoisotopic (exact) mass is 1140 g/mol. The molecule has 0 aromatic rings. The molecule has 0 aliphatic rings. The average Bonchev–Trinajstić information content (AvgIpc) is 3.48. The van der Waals surface area contributed by atoms with Crippen LogP contribution < -0.4 is 0 Å². The molecule has 0 rings (SSSR count). The number of carbonyl (C=O) groups is 3. The van der Waals surface area contributed by atoms with Crippen molar-refractivity contribution in [2.45, 2.75) is 367 Å². The van der Waals surface area contributed by atoms with Crippen LogP contribution in [0.1, 0.15) is 361 Å². The van der Waals surface area contributed by atoms with E-state index in [0.29, 0.717) is 19.3 Å². The molecule has 474 valence electrons. The van der Waals surface area contributed by atoms with Crippen molar-refractivity contribution >= 4 is 17.9 Å². The summed E-state index contributed by atoms with van der Waals surface area (Å²) >= 11 is 0. The van der Waals surface area contributed by atoms with Crippen molar-refractivity contribution in [3.63, 3.8) is 0 Å². The van der Waals surface area contributed by atoms with E-state index in [1.165, 1.54) is 199 Å². The molecule has 0 aliphatic heterocycles. The van der Waals surface area contributed by atoms with E-state index >= 15 is 0 Å².